The highest BCUT2D eigenvalue weighted by Crippen LogP contribution is 2.32. The number of amides is 1. The molecular weight excluding hydrogens is 412 g/mol. The molecule has 6 nitrogen and oxygen atoms in total. The van der Waals surface area contributed by atoms with Crippen LogP contribution >= 0.6 is 11.6 Å². The smallest absolute Gasteiger partial charge is 0.244 e. The molecule has 2 atom stereocenters. The van der Waals surface area contributed by atoms with Crippen LogP contribution in [0.2, 0.25) is 5.02 Å². The Balaban J connectivity index is 1.86. The van der Waals surface area contributed by atoms with Gasteiger partial charge in [-0.15, -0.1) is 0 Å². The Hall–Kier alpha value is -2.25. The number of fused-ring (bicyclic) bond motifs is 1. The molecule has 3 rings (SSSR count). The summed E-state index contributed by atoms with van der Waals surface area (Å²) in [5.74, 6) is 0.0730. The van der Waals surface area contributed by atoms with E-state index in [4.69, 9.17) is 16.3 Å². The van der Waals surface area contributed by atoms with Gasteiger partial charge in [-0.05, 0) is 55.5 Å². The summed E-state index contributed by atoms with van der Waals surface area (Å²) < 4.78 is 31.2. The summed E-state index contributed by atoms with van der Waals surface area (Å²) in [5.41, 5.74) is 2.63. The minimum Gasteiger partial charge on any atom is -0.495 e. The Kier molecular flexibility index (Phi) is 6.39. The number of sulfonamides is 1. The average Bonchev–Trinajstić information content (AvgIpc) is 2.67. The number of benzene rings is 2. The third kappa shape index (κ3) is 4.67. The van der Waals surface area contributed by atoms with Crippen molar-refractivity contribution >= 4 is 33.2 Å². The molecule has 29 heavy (non-hydrogen) atoms. The van der Waals surface area contributed by atoms with E-state index in [-0.39, 0.29) is 17.0 Å². The van der Waals surface area contributed by atoms with Crippen LogP contribution in [0.4, 0.5) is 5.69 Å². The topological polar surface area (TPSA) is 75.7 Å². The molecule has 8 heteroatoms. The SMILES string of the molecule is COc1ccc(N([C@@H](C)C(=O)N[C@H]2CCCc3ccccc32)S(C)(=O)=O)cc1Cl. The van der Waals surface area contributed by atoms with Gasteiger partial charge in [0.05, 0.1) is 30.1 Å². The van der Waals surface area contributed by atoms with Crippen molar-refractivity contribution in [1.82, 2.24) is 5.32 Å². The van der Waals surface area contributed by atoms with Gasteiger partial charge in [0.25, 0.3) is 0 Å². The van der Waals surface area contributed by atoms with Crippen molar-refractivity contribution in [3.8, 4) is 5.75 Å². The van der Waals surface area contributed by atoms with Gasteiger partial charge in [-0.25, -0.2) is 8.42 Å². The molecule has 2 aromatic carbocycles. The summed E-state index contributed by atoms with van der Waals surface area (Å²) in [5, 5.41) is 3.30. The van der Waals surface area contributed by atoms with Crippen LogP contribution < -0.4 is 14.4 Å². The third-order valence-corrected chi connectivity index (χ3v) is 6.70. The maximum absolute atomic E-state index is 13.0. The Morgan fingerprint density at radius 1 is 1.28 bits per heavy atom. The van der Waals surface area contributed by atoms with Crippen molar-refractivity contribution in [3.05, 3.63) is 58.6 Å². The number of rotatable bonds is 6. The molecule has 0 unspecified atom stereocenters. The van der Waals surface area contributed by atoms with E-state index in [0.717, 1.165) is 35.4 Å². The molecule has 0 radical (unpaired) electrons. The van der Waals surface area contributed by atoms with Crippen LogP contribution in [0.25, 0.3) is 0 Å². The van der Waals surface area contributed by atoms with Crippen molar-refractivity contribution in [2.45, 2.75) is 38.3 Å². The van der Waals surface area contributed by atoms with Gasteiger partial charge in [0.2, 0.25) is 15.9 Å². The number of hydrogen-bond donors (Lipinski definition) is 1. The number of hydrogen-bond acceptors (Lipinski definition) is 4. The van der Waals surface area contributed by atoms with Gasteiger partial charge >= 0.3 is 0 Å². The molecule has 0 heterocycles. The minimum atomic E-state index is -3.73. The first-order valence-corrected chi connectivity index (χ1v) is 11.7. The molecule has 0 spiro atoms. The van der Waals surface area contributed by atoms with E-state index >= 15 is 0 Å². The summed E-state index contributed by atoms with van der Waals surface area (Å²) in [6.45, 7) is 1.57. The van der Waals surface area contributed by atoms with Crippen LogP contribution in [0.3, 0.4) is 0 Å². The summed E-state index contributed by atoms with van der Waals surface area (Å²) in [6.07, 6.45) is 3.85. The van der Waals surface area contributed by atoms with Gasteiger partial charge in [0, 0.05) is 0 Å². The maximum atomic E-state index is 13.0. The molecule has 0 aromatic heterocycles. The van der Waals surface area contributed by atoms with Gasteiger partial charge in [-0.3, -0.25) is 9.10 Å². The Labute approximate surface area is 176 Å². The molecule has 2 aromatic rings. The fraction of sp³-hybridized carbons (Fsp3) is 0.381. The monoisotopic (exact) mass is 436 g/mol. The summed E-state index contributed by atoms with van der Waals surface area (Å²) in [6, 6.07) is 11.6. The molecular formula is C21H25ClN2O4S. The molecule has 1 aliphatic carbocycles. The Morgan fingerprint density at radius 3 is 2.66 bits per heavy atom. The van der Waals surface area contributed by atoms with Crippen molar-refractivity contribution < 1.29 is 17.9 Å². The lowest BCUT2D eigenvalue weighted by Gasteiger charge is -2.32. The van der Waals surface area contributed by atoms with Gasteiger partial charge < -0.3 is 10.1 Å². The van der Waals surface area contributed by atoms with Crippen LogP contribution in [0, 0.1) is 0 Å². The van der Waals surface area contributed by atoms with E-state index in [9.17, 15) is 13.2 Å². The lowest BCUT2D eigenvalue weighted by Crippen LogP contribution is -2.49. The zero-order valence-electron chi connectivity index (χ0n) is 16.7. The van der Waals surface area contributed by atoms with E-state index < -0.39 is 16.1 Å². The summed E-state index contributed by atoms with van der Waals surface area (Å²) >= 11 is 6.17. The number of nitrogens with one attached hydrogen (secondary N) is 1. The molecule has 0 saturated carbocycles. The number of nitrogens with zero attached hydrogens (tertiary/aromatic N) is 1. The molecule has 0 saturated heterocycles. The van der Waals surface area contributed by atoms with Crippen molar-refractivity contribution in [2.75, 3.05) is 17.7 Å². The number of carbonyl (C=O) groups excluding carboxylic acids is 1. The Bertz CT molecular complexity index is 1010. The predicted octanol–water partition coefficient (Wildman–Crippen LogP) is 3.70. The highest BCUT2D eigenvalue weighted by Gasteiger charge is 2.31. The summed E-state index contributed by atoms with van der Waals surface area (Å²) in [7, 11) is -2.25. The quantitative estimate of drug-likeness (QED) is 0.749. The fourth-order valence-corrected chi connectivity index (χ4v) is 5.22. The van der Waals surface area contributed by atoms with Crippen molar-refractivity contribution in [1.29, 1.82) is 0 Å². The van der Waals surface area contributed by atoms with Crippen LogP contribution in [0.1, 0.15) is 36.9 Å². The first-order valence-electron chi connectivity index (χ1n) is 9.43. The number of ether oxygens (including phenoxy) is 1. The van der Waals surface area contributed by atoms with Gasteiger partial charge in [-0.1, -0.05) is 35.9 Å². The molecule has 156 valence electrons. The molecule has 1 amide bonds. The fourth-order valence-electron chi connectivity index (χ4n) is 3.80. The molecule has 0 fully saturated rings. The van der Waals surface area contributed by atoms with Crippen LogP contribution in [0.5, 0.6) is 5.75 Å². The Morgan fingerprint density at radius 2 is 2.00 bits per heavy atom. The van der Waals surface area contributed by atoms with Crippen LogP contribution in [0.15, 0.2) is 42.5 Å². The number of halogens is 1. The second-order valence-electron chi connectivity index (χ2n) is 7.21. The van der Waals surface area contributed by atoms with Gasteiger partial charge in [-0.2, -0.15) is 0 Å². The number of methoxy groups -OCH3 is 1. The normalized spacial score (nSPS) is 17.2. The van der Waals surface area contributed by atoms with Crippen molar-refractivity contribution in [2.24, 2.45) is 0 Å². The number of aryl methyl sites for hydroxylation is 1. The largest absolute Gasteiger partial charge is 0.495 e. The van der Waals surface area contributed by atoms with E-state index in [0.29, 0.717) is 11.4 Å². The average molecular weight is 437 g/mol. The lowest BCUT2D eigenvalue weighted by molar-refractivity contribution is -0.122. The maximum Gasteiger partial charge on any atom is 0.244 e. The molecule has 1 aliphatic rings. The third-order valence-electron chi connectivity index (χ3n) is 5.16. The van der Waals surface area contributed by atoms with E-state index in [2.05, 4.69) is 11.4 Å². The lowest BCUT2D eigenvalue weighted by atomic mass is 9.87. The number of carbonyl (C=O) groups is 1. The number of anilines is 1. The molecule has 0 aliphatic heterocycles. The van der Waals surface area contributed by atoms with E-state index in [1.807, 2.05) is 18.2 Å². The second-order valence-corrected chi connectivity index (χ2v) is 9.47. The zero-order valence-corrected chi connectivity index (χ0v) is 18.3. The van der Waals surface area contributed by atoms with Gasteiger partial charge in [0.15, 0.2) is 0 Å². The second kappa shape index (κ2) is 8.63. The summed E-state index contributed by atoms with van der Waals surface area (Å²) in [4.78, 5) is 13.0. The highest BCUT2D eigenvalue weighted by molar-refractivity contribution is 7.92. The zero-order chi connectivity index (χ0) is 21.2. The first kappa shape index (κ1) is 21.5. The first-order chi connectivity index (χ1) is 13.7. The van der Waals surface area contributed by atoms with E-state index in [1.54, 1.807) is 19.1 Å². The highest BCUT2D eigenvalue weighted by atomic mass is 35.5. The van der Waals surface area contributed by atoms with Gasteiger partial charge in [0.1, 0.15) is 11.8 Å². The minimum absolute atomic E-state index is 0.129. The standard InChI is InChI=1S/C21H25ClN2O4S/c1-14(21(25)23-19-10-6-8-15-7-4-5-9-17(15)19)24(29(3,26)27)16-11-12-20(28-2)18(22)13-16/h4-5,7,9,11-14,19H,6,8,10H2,1-3H3,(H,23,25)/t14-,19-/m0/s1. The van der Waals surface area contributed by atoms with Crippen LogP contribution in [-0.2, 0) is 21.2 Å². The van der Waals surface area contributed by atoms with Crippen molar-refractivity contribution in [3.63, 3.8) is 0 Å². The molecule has 1 N–H and O–H groups in total. The predicted molar refractivity (Wildman–Crippen MR) is 115 cm³/mol. The van der Waals surface area contributed by atoms with Crippen LogP contribution in [-0.4, -0.2) is 33.7 Å². The molecule has 0 bridgehead atoms. The van der Waals surface area contributed by atoms with E-state index in [1.165, 1.54) is 18.7 Å².